The molecule has 5 nitrogen and oxygen atoms in total. The van der Waals surface area contributed by atoms with Crippen molar-refractivity contribution in [1.29, 1.82) is 0 Å². The summed E-state index contributed by atoms with van der Waals surface area (Å²) < 4.78 is 26.6. The molecule has 6 heteroatoms. The third-order valence-corrected chi connectivity index (χ3v) is 4.07. The first-order chi connectivity index (χ1) is 9.03. The van der Waals surface area contributed by atoms with Crippen LogP contribution in [-0.2, 0) is 16.4 Å². The number of benzene rings is 1. The number of aromatic nitrogens is 1. The van der Waals surface area contributed by atoms with Crippen molar-refractivity contribution in [2.45, 2.75) is 18.2 Å². The molecule has 0 spiro atoms. The van der Waals surface area contributed by atoms with Crippen molar-refractivity contribution in [3.8, 4) is 0 Å². The van der Waals surface area contributed by atoms with Gasteiger partial charge in [0.2, 0.25) is 5.43 Å². The molecule has 0 aliphatic heterocycles. The number of anilines is 1. The predicted molar refractivity (Wildman–Crippen MR) is 73.7 cm³/mol. The summed E-state index contributed by atoms with van der Waals surface area (Å²) >= 11 is 0. The zero-order valence-electron chi connectivity index (χ0n) is 10.4. The van der Waals surface area contributed by atoms with Crippen molar-refractivity contribution < 1.29 is 8.42 Å². The molecule has 0 aliphatic rings. The third-order valence-electron chi connectivity index (χ3n) is 2.67. The van der Waals surface area contributed by atoms with Crippen LogP contribution in [0, 0.1) is 0 Å². The summed E-state index contributed by atoms with van der Waals surface area (Å²) in [5.74, 6) is 0. The topological polar surface area (TPSA) is 79.0 Å². The fourth-order valence-corrected chi connectivity index (χ4v) is 2.78. The maximum atomic E-state index is 12.1. The van der Waals surface area contributed by atoms with Crippen molar-refractivity contribution in [3.05, 3.63) is 58.5 Å². The Morgan fingerprint density at radius 2 is 2.05 bits per heavy atom. The minimum absolute atomic E-state index is 0.295. The molecule has 2 N–H and O–H groups in total. The van der Waals surface area contributed by atoms with Gasteiger partial charge >= 0.3 is 0 Å². The van der Waals surface area contributed by atoms with Crippen LogP contribution in [0.1, 0.15) is 12.5 Å². The highest BCUT2D eigenvalue weighted by Gasteiger charge is 2.17. The van der Waals surface area contributed by atoms with Crippen LogP contribution in [0.4, 0.5) is 5.69 Å². The van der Waals surface area contributed by atoms with Gasteiger partial charge in [-0.1, -0.05) is 19.1 Å². The molecule has 19 heavy (non-hydrogen) atoms. The van der Waals surface area contributed by atoms with Crippen LogP contribution >= 0.6 is 0 Å². The number of aryl methyl sites for hydroxylation is 1. The van der Waals surface area contributed by atoms with E-state index in [4.69, 9.17) is 0 Å². The Bertz CT molecular complexity index is 735. The van der Waals surface area contributed by atoms with Gasteiger partial charge in [-0.05, 0) is 24.1 Å². The molecule has 2 aromatic rings. The average molecular weight is 278 g/mol. The van der Waals surface area contributed by atoms with Crippen molar-refractivity contribution in [1.82, 2.24) is 4.98 Å². The Labute approximate surface area is 111 Å². The number of aromatic amines is 1. The zero-order chi connectivity index (χ0) is 13.9. The highest BCUT2D eigenvalue weighted by Crippen LogP contribution is 2.15. The third kappa shape index (κ3) is 3.03. The minimum Gasteiger partial charge on any atom is -0.366 e. The lowest BCUT2D eigenvalue weighted by atomic mass is 10.1. The Kier molecular flexibility index (Phi) is 3.71. The van der Waals surface area contributed by atoms with Gasteiger partial charge in [0.05, 0.1) is 0 Å². The van der Waals surface area contributed by atoms with Crippen molar-refractivity contribution in [3.63, 3.8) is 0 Å². The van der Waals surface area contributed by atoms with E-state index in [1.807, 2.05) is 13.0 Å². The molecular formula is C13H14N2O3S. The highest BCUT2D eigenvalue weighted by molar-refractivity contribution is 7.92. The maximum absolute atomic E-state index is 12.1. The minimum atomic E-state index is -3.86. The molecule has 1 heterocycles. The van der Waals surface area contributed by atoms with E-state index in [0.29, 0.717) is 5.69 Å². The fraction of sp³-hybridized carbons (Fsp3) is 0.154. The van der Waals surface area contributed by atoms with E-state index >= 15 is 0 Å². The second kappa shape index (κ2) is 5.27. The summed E-state index contributed by atoms with van der Waals surface area (Å²) in [5.41, 5.74) is 0.919. The fourth-order valence-electron chi connectivity index (χ4n) is 1.68. The predicted octanol–water partition coefficient (Wildman–Crippen LogP) is 1.74. The normalized spacial score (nSPS) is 11.2. The van der Waals surface area contributed by atoms with E-state index in [-0.39, 0.29) is 4.90 Å². The number of sulfonamides is 1. The average Bonchev–Trinajstić information content (AvgIpc) is 2.38. The Hall–Kier alpha value is -2.08. The van der Waals surface area contributed by atoms with E-state index in [9.17, 15) is 13.2 Å². The highest BCUT2D eigenvalue weighted by atomic mass is 32.2. The molecule has 0 atom stereocenters. The van der Waals surface area contributed by atoms with E-state index in [1.165, 1.54) is 18.5 Å². The molecule has 0 aliphatic carbocycles. The van der Waals surface area contributed by atoms with Gasteiger partial charge in [0.15, 0.2) is 4.90 Å². The summed E-state index contributed by atoms with van der Waals surface area (Å²) in [6.45, 7) is 1.98. The summed E-state index contributed by atoms with van der Waals surface area (Å²) in [4.78, 5) is 13.8. The molecule has 2 rings (SSSR count). The molecule has 1 aromatic carbocycles. The van der Waals surface area contributed by atoms with E-state index < -0.39 is 15.5 Å². The van der Waals surface area contributed by atoms with Crippen LogP contribution in [0.25, 0.3) is 0 Å². The Morgan fingerprint density at radius 3 is 2.74 bits per heavy atom. The number of rotatable bonds is 4. The van der Waals surface area contributed by atoms with Crippen molar-refractivity contribution >= 4 is 15.7 Å². The first-order valence-electron chi connectivity index (χ1n) is 5.82. The Morgan fingerprint density at radius 1 is 1.26 bits per heavy atom. The number of pyridine rings is 1. The molecule has 100 valence electrons. The number of H-pyrrole nitrogens is 1. The molecule has 0 unspecified atom stereocenters. The lowest BCUT2D eigenvalue weighted by molar-refractivity contribution is 0.600. The summed E-state index contributed by atoms with van der Waals surface area (Å²) in [6, 6.07) is 8.25. The maximum Gasteiger partial charge on any atom is 0.267 e. The van der Waals surface area contributed by atoms with Gasteiger partial charge in [-0.15, -0.1) is 0 Å². The van der Waals surface area contributed by atoms with Gasteiger partial charge in [-0.25, -0.2) is 8.42 Å². The Balaban J connectivity index is 2.37. The van der Waals surface area contributed by atoms with Gasteiger partial charge in [0, 0.05) is 24.1 Å². The molecule has 1 aromatic heterocycles. The van der Waals surface area contributed by atoms with Gasteiger partial charge in [0.25, 0.3) is 10.0 Å². The first-order valence-corrected chi connectivity index (χ1v) is 7.30. The molecular weight excluding hydrogens is 264 g/mol. The van der Waals surface area contributed by atoms with Crippen LogP contribution in [-0.4, -0.2) is 13.4 Å². The van der Waals surface area contributed by atoms with Gasteiger partial charge < -0.3 is 4.98 Å². The van der Waals surface area contributed by atoms with E-state index in [0.717, 1.165) is 12.0 Å². The van der Waals surface area contributed by atoms with Crippen LogP contribution in [0.2, 0.25) is 0 Å². The van der Waals surface area contributed by atoms with Crippen LogP contribution in [0.15, 0.2) is 52.4 Å². The monoisotopic (exact) mass is 278 g/mol. The molecule has 0 radical (unpaired) electrons. The van der Waals surface area contributed by atoms with Crippen molar-refractivity contribution in [2.75, 3.05) is 4.72 Å². The summed E-state index contributed by atoms with van der Waals surface area (Å²) in [5, 5.41) is 0. The SMILES string of the molecule is CCc1cccc(NS(=O)(=O)c2c[nH]ccc2=O)c1. The molecule has 0 fully saturated rings. The second-order valence-electron chi connectivity index (χ2n) is 4.03. The lowest BCUT2D eigenvalue weighted by Gasteiger charge is -2.08. The van der Waals surface area contributed by atoms with Gasteiger partial charge in [0.1, 0.15) is 0 Å². The van der Waals surface area contributed by atoms with Crippen LogP contribution in [0.5, 0.6) is 0 Å². The molecule has 0 saturated carbocycles. The first kappa shape index (κ1) is 13.4. The summed E-state index contributed by atoms with van der Waals surface area (Å²) in [6.07, 6.45) is 3.37. The van der Waals surface area contributed by atoms with Crippen molar-refractivity contribution in [2.24, 2.45) is 0 Å². The molecule has 0 saturated heterocycles. The number of hydrogen-bond donors (Lipinski definition) is 2. The van der Waals surface area contributed by atoms with Crippen LogP contribution < -0.4 is 10.2 Å². The van der Waals surface area contributed by atoms with Crippen LogP contribution in [0.3, 0.4) is 0 Å². The van der Waals surface area contributed by atoms with E-state index in [2.05, 4.69) is 9.71 Å². The smallest absolute Gasteiger partial charge is 0.267 e. The largest absolute Gasteiger partial charge is 0.366 e. The van der Waals surface area contributed by atoms with Gasteiger partial charge in [-0.2, -0.15) is 0 Å². The van der Waals surface area contributed by atoms with Gasteiger partial charge in [-0.3, -0.25) is 9.52 Å². The number of nitrogens with one attached hydrogen (secondary N) is 2. The second-order valence-corrected chi connectivity index (χ2v) is 5.68. The molecule has 0 amide bonds. The lowest BCUT2D eigenvalue weighted by Crippen LogP contribution is -2.20. The quantitative estimate of drug-likeness (QED) is 0.894. The summed E-state index contributed by atoms with van der Waals surface area (Å²) in [7, 11) is -3.86. The standard InChI is InChI=1S/C13H14N2O3S/c1-2-10-4-3-5-11(8-10)15-19(17,18)13-9-14-7-6-12(13)16/h3-9,15H,2H2,1H3,(H,14,16). The molecule has 0 bridgehead atoms. The zero-order valence-corrected chi connectivity index (χ0v) is 11.2. The van der Waals surface area contributed by atoms with E-state index in [1.54, 1.807) is 18.2 Å². The number of hydrogen-bond acceptors (Lipinski definition) is 3.